The molecule has 6 nitrogen and oxygen atoms in total. The molecule has 2 aromatic carbocycles. The standard InChI is InChI=1S/C22H24ClN3O3S/c1-2-3-11-19-24-21(23)20(22(27)25-30(28,29)17-12-13-17)26(19)14-16-9-6-8-15-7-4-5-10-18(15)16/h4-10,17H,2-3,11-14H2,1H3,(H,25,27). The van der Waals surface area contributed by atoms with E-state index in [2.05, 4.69) is 16.6 Å². The van der Waals surface area contributed by atoms with Crippen molar-refractivity contribution in [1.29, 1.82) is 0 Å². The largest absolute Gasteiger partial charge is 0.318 e. The molecule has 158 valence electrons. The van der Waals surface area contributed by atoms with Crippen LogP contribution in [0.5, 0.6) is 0 Å². The number of fused-ring (bicyclic) bond motifs is 1. The normalized spacial score (nSPS) is 14.2. The Morgan fingerprint density at radius 1 is 1.20 bits per heavy atom. The van der Waals surface area contributed by atoms with Crippen molar-refractivity contribution in [2.75, 3.05) is 0 Å². The summed E-state index contributed by atoms with van der Waals surface area (Å²) in [6.45, 7) is 2.46. The van der Waals surface area contributed by atoms with Crippen LogP contribution in [0.1, 0.15) is 54.5 Å². The predicted octanol–water partition coefficient (Wildman–Crippen LogP) is 4.30. The summed E-state index contributed by atoms with van der Waals surface area (Å²) in [5.74, 6) is -0.0360. The van der Waals surface area contributed by atoms with Crippen LogP contribution in [-0.2, 0) is 23.0 Å². The molecule has 30 heavy (non-hydrogen) atoms. The highest BCUT2D eigenvalue weighted by atomic mass is 35.5. The van der Waals surface area contributed by atoms with Crippen molar-refractivity contribution in [2.45, 2.75) is 50.8 Å². The molecule has 0 spiro atoms. The van der Waals surface area contributed by atoms with Gasteiger partial charge in [0.2, 0.25) is 10.0 Å². The Bertz CT molecular complexity index is 1190. The highest BCUT2D eigenvalue weighted by Crippen LogP contribution is 2.29. The van der Waals surface area contributed by atoms with Crippen molar-refractivity contribution < 1.29 is 13.2 Å². The molecule has 1 heterocycles. The van der Waals surface area contributed by atoms with Crippen LogP contribution in [0.25, 0.3) is 10.8 Å². The van der Waals surface area contributed by atoms with Gasteiger partial charge in [-0.25, -0.2) is 18.1 Å². The van der Waals surface area contributed by atoms with E-state index in [0.717, 1.165) is 29.2 Å². The number of rotatable bonds is 8. The summed E-state index contributed by atoms with van der Waals surface area (Å²) in [4.78, 5) is 17.3. The van der Waals surface area contributed by atoms with Crippen LogP contribution in [0.3, 0.4) is 0 Å². The number of unbranched alkanes of at least 4 members (excludes halogenated alkanes) is 1. The van der Waals surface area contributed by atoms with E-state index in [4.69, 9.17) is 11.6 Å². The van der Waals surface area contributed by atoms with Gasteiger partial charge in [0, 0.05) is 6.42 Å². The number of carbonyl (C=O) groups is 1. The fourth-order valence-electron chi connectivity index (χ4n) is 3.62. The van der Waals surface area contributed by atoms with Gasteiger partial charge in [-0.15, -0.1) is 0 Å². The van der Waals surface area contributed by atoms with Crippen LogP contribution in [0, 0.1) is 0 Å². The van der Waals surface area contributed by atoms with Gasteiger partial charge >= 0.3 is 0 Å². The van der Waals surface area contributed by atoms with E-state index in [0.29, 0.717) is 31.6 Å². The third kappa shape index (κ3) is 4.23. The SMILES string of the molecule is CCCCc1nc(Cl)c(C(=O)NS(=O)(=O)C2CC2)n1Cc1cccc2ccccc12. The Morgan fingerprint density at radius 3 is 2.67 bits per heavy atom. The summed E-state index contributed by atoms with van der Waals surface area (Å²) in [7, 11) is -3.68. The minimum Gasteiger partial charge on any atom is -0.318 e. The number of hydrogen-bond donors (Lipinski definition) is 1. The molecule has 0 radical (unpaired) electrons. The first kappa shape index (κ1) is 20.9. The first-order chi connectivity index (χ1) is 14.4. The molecular formula is C22H24ClN3O3S. The molecule has 0 saturated heterocycles. The predicted molar refractivity (Wildman–Crippen MR) is 118 cm³/mol. The second kappa shape index (κ2) is 8.40. The lowest BCUT2D eigenvalue weighted by Gasteiger charge is -2.14. The maximum absolute atomic E-state index is 12.9. The van der Waals surface area contributed by atoms with E-state index in [1.54, 1.807) is 4.57 Å². The molecule has 1 amide bonds. The van der Waals surface area contributed by atoms with E-state index in [1.807, 2.05) is 42.5 Å². The minimum atomic E-state index is -3.68. The second-order valence-electron chi connectivity index (χ2n) is 7.67. The molecule has 1 N–H and O–H groups in total. The zero-order chi connectivity index (χ0) is 21.3. The number of nitrogens with one attached hydrogen (secondary N) is 1. The van der Waals surface area contributed by atoms with Crippen LogP contribution in [0.15, 0.2) is 42.5 Å². The van der Waals surface area contributed by atoms with Gasteiger partial charge < -0.3 is 4.57 Å². The van der Waals surface area contributed by atoms with Crippen LogP contribution in [-0.4, -0.2) is 29.1 Å². The zero-order valence-corrected chi connectivity index (χ0v) is 18.3. The van der Waals surface area contributed by atoms with Crippen molar-refractivity contribution in [3.63, 3.8) is 0 Å². The molecule has 4 rings (SSSR count). The van der Waals surface area contributed by atoms with Crippen molar-refractivity contribution in [1.82, 2.24) is 14.3 Å². The van der Waals surface area contributed by atoms with Gasteiger partial charge in [-0.3, -0.25) is 4.79 Å². The summed E-state index contributed by atoms with van der Waals surface area (Å²) in [5.41, 5.74) is 1.11. The average Bonchev–Trinajstić information content (AvgIpc) is 3.52. The first-order valence-corrected chi connectivity index (χ1v) is 12.1. The number of hydrogen-bond acceptors (Lipinski definition) is 4. The van der Waals surface area contributed by atoms with E-state index >= 15 is 0 Å². The first-order valence-electron chi connectivity index (χ1n) is 10.2. The topological polar surface area (TPSA) is 81.1 Å². The maximum Gasteiger partial charge on any atom is 0.284 e. The molecule has 3 aromatic rings. The summed E-state index contributed by atoms with van der Waals surface area (Å²) >= 11 is 6.34. The maximum atomic E-state index is 12.9. The monoisotopic (exact) mass is 445 g/mol. The van der Waals surface area contributed by atoms with E-state index in [-0.39, 0.29) is 10.8 Å². The number of carbonyl (C=O) groups excluding carboxylic acids is 1. The lowest BCUT2D eigenvalue weighted by Crippen LogP contribution is -2.35. The number of halogens is 1. The summed E-state index contributed by atoms with van der Waals surface area (Å²) in [5, 5.41) is 1.71. The Kier molecular flexibility index (Phi) is 5.84. The van der Waals surface area contributed by atoms with Crippen molar-refractivity contribution in [3.05, 3.63) is 64.7 Å². The molecule has 1 aliphatic rings. The molecule has 0 aliphatic heterocycles. The molecule has 1 saturated carbocycles. The molecule has 1 aliphatic carbocycles. The zero-order valence-electron chi connectivity index (χ0n) is 16.8. The minimum absolute atomic E-state index is 0.0323. The summed E-state index contributed by atoms with van der Waals surface area (Å²) in [6, 6.07) is 14.0. The van der Waals surface area contributed by atoms with Gasteiger partial charge in [0.05, 0.1) is 11.8 Å². The van der Waals surface area contributed by atoms with Crippen LogP contribution in [0.2, 0.25) is 5.15 Å². The molecule has 0 unspecified atom stereocenters. The lowest BCUT2D eigenvalue weighted by molar-refractivity contribution is 0.0972. The molecular weight excluding hydrogens is 422 g/mol. The van der Waals surface area contributed by atoms with E-state index < -0.39 is 21.2 Å². The van der Waals surface area contributed by atoms with Crippen LogP contribution in [0.4, 0.5) is 0 Å². The number of imidazole rings is 1. The number of aromatic nitrogens is 2. The van der Waals surface area contributed by atoms with Gasteiger partial charge in [-0.1, -0.05) is 67.4 Å². The molecule has 1 fully saturated rings. The Labute approximate surface area is 181 Å². The molecule has 1 aromatic heterocycles. The number of sulfonamides is 1. The summed E-state index contributed by atoms with van der Waals surface area (Å²) < 4.78 is 28.6. The lowest BCUT2D eigenvalue weighted by atomic mass is 10.0. The van der Waals surface area contributed by atoms with Crippen LogP contribution < -0.4 is 4.72 Å². The van der Waals surface area contributed by atoms with Gasteiger partial charge in [-0.05, 0) is 35.6 Å². The Morgan fingerprint density at radius 2 is 1.93 bits per heavy atom. The van der Waals surface area contributed by atoms with Gasteiger partial charge in [-0.2, -0.15) is 0 Å². The highest BCUT2D eigenvalue weighted by molar-refractivity contribution is 7.91. The quantitative estimate of drug-likeness (QED) is 0.560. The molecule has 8 heteroatoms. The Balaban J connectivity index is 1.75. The van der Waals surface area contributed by atoms with Crippen molar-refractivity contribution in [2.24, 2.45) is 0 Å². The van der Waals surface area contributed by atoms with Gasteiger partial charge in [0.1, 0.15) is 11.5 Å². The number of nitrogens with zero attached hydrogens (tertiary/aromatic N) is 2. The smallest absolute Gasteiger partial charge is 0.284 e. The third-order valence-electron chi connectivity index (χ3n) is 5.38. The van der Waals surface area contributed by atoms with E-state index in [1.165, 1.54) is 0 Å². The van der Waals surface area contributed by atoms with Crippen molar-refractivity contribution >= 4 is 38.3 Å². The Hall–Kier alpha value is -2.38. The molecule has 0 atom stereocenters. The second-order valence-corrected chi connectivity index (χ2v) is 9.99. The van der Waals surface area contributed by atoms with Gasteiger partial charge in [0.15, 0.2) is 5.15 Å². The highest BCUT2D eigenvalue weighted by Gasteiger charge is 2.38. The number of amides is 1. The fourth-order valence-corrected chi connectivity index (χ4v) is 5.18. The van der Waals surface area contributed by atoms with Crippen molar-refractivity contribution in [3.8, 4) is 0 Å². The molecule has 0 bridgehead atoms. The van der Waals surface area contributed by atoms with Gasteiger partial charge in [0.25, 0.3) is 5.91 Å². The summed E-state index contributed by atoms with van der Waals surface area (Å²) in [6.07, 6.45) is 3.67. The average molecular weight is 446 g/mol. The number of benzene rings is 2. The van der Waals surface area contributed by atoms with Crippen LogP contribution >= 0.6 is 11.6 Å². The third-order valence-corrected chi connectivity index (χ3v) is 7.46. The van der Waals surface area contributed by atoms with E-state index in [9.17, 15) is 13.2 Å². The fraction of sp³-hybridized carbons (Fsp3) is 0.364. The number of aryl methyl sites for hydroxylation is 1.